The fraction of sp³-hybridized carbons (Fsp3) is 0.438. The number of H-pyrrole nitrogens is 1. The second-order valence-corrected chi connectivity index (χ2v) is 12.0. The van der Waals surface area contributed by atoms with Crippen LogP contribution >= 0.6 is 0 Å². The van der Waals surface area contributed by atoms with Gasteiger partial charge in [0.25, 0.3) is 5.91 Å². The minimum absolute atomic E-state index is 0.0137. The van der Waals surface area contributed by atoms with Gasteiger partial charge in [-0.25, -0.2) is 4.98 Å². The zero-order chi connectivity index (χ0) is 29.7. The number of nitrogens with one attached hydrogen (secondary N) is 3. The zero-order valence-electron chi connectivity index (χ0n) is 23.9. The number of aromatic amines is 1. The minimum Gasteiger partial charge on any atom is -0.496 e. The Kier molecular flexibility index (Phi) is 7.04. The molecule has 0 spiro atoms. The van der Waals surface area contributed by atoms with E-state index in [0.717, 1.165) is 30.2 Å². The third-order valence-corrected chi connectivity index (χ3v) is 9.47. The van der Waals surface area contributed by atoms with Crippen LogP contribution in [0.4, 0.5) is 0 Å². The van der Waals surface area contributed by atoms with Gasteiger partial charge in [-0.3, -0.25) is 14.4 Å². The highest BCUT2D eigenvalue weighted by atomic mass is 16.5. The number of rotatable bonds is 8. The van der Waals surface area contributed by atoms with Crippen molar-refractivity contribution >= 4 is 39.7 Å². The van der Waals surface area contributed by atoms with Gasteiger partial charge in [-0.05, 0) is 67.9 Å². The molecule has 4 N–H and O–H groups in total. The van der Waals surface area contributed by atoms with Gasteiger partial charge >= 0.3 is 0 Å². The number of benzene rings is 2. The van der Waals surface area contributed by atoms with Gasteiger partial charge in [0.05, 0.1) is 13.2 Å². The maximum Gasteiger partial charge on any atom is 0.271 e. The van der Waals surface area contributed by atoms with Crippen molar-refractivity contribution < 1.29 is 28.6 Å². The third kappa shape index (κ3) is 4.91. The van der Waals surface area contributed by atoms with Crippen LogP contribution in [0.1, 0.15) is 54.6 Å². The molecule has 3 amide bonds. The van der Waals surface area contributed by atoms with Gasteiger partial charge in [0, 0.05) is 29.9 Å². The Morgan fingerprint density at radius 1 is 1.19 bits per heavy atom. The lowest BCUT2D eigenvalue weighted by molar-refractivity contribution is -0.129. The monoisotopic (exact) mass is 585 g/mol. The minimum atomic E-state index is -1.28. The Balaban J connectivity index is 1.18. The van der Waals surface area contributed by atoms with Crippen molar-refractivity contribution in [2.75, 3.05) is 20.2 Å². The molecule has 1 aliphatic carbocycles. The molecule has 224 valence electrons. The van der Waals surface area contributed by atoms with Gasteiger partial charge < -0.3 is 34.8 Å². The molecular formula is C32H35N5O6. The molecule has 2 saturated heterocycles. The van der Waals surface area contributed by atoms with Crippen LogP contribution in [0.3, 0.4) is 0 Å². The van der Waals surface area contributed by atoms with E-state index in [1.165, 1.54) is 0 Å². The summed E-state index contributed by atoms with van der Waals surface area (Å²) in [6, 6.07) is 13.0. The summed E-state index contributed by atoms with van der Waals surface area (Å²) in [6.45, 7) is 1.03. The molecule has 7 rings (SSSR count). The first-order valence-corrected chi connectivity index (χ1v) is 15.0. The number of hydrogen-bond donors (Lipinski definition) is 4. The number of methoxy groups -OCH3 is 1. The van der Waals surface area contributed by atoms with E-state index in [9.17, 15) is 19.5 Å². The first-order chi connectivity index (χ1) is 20.9. The number of nitrogens with zero attached hydrogens (tertiary/aromatic N) is 2. The smallest absolute Gasteiger partial charge is 0.271 e. The SMILES string of the molecule is COc1cccc2[nH]c(C(=O)N3CC4CCCC4C3C(=O)N[C@@H](C[C@@H]3CCNC3=O)C(O)c3nc4ccccc4o3)cc12. The lowest BCUT2D eigenvalue weighted by Gasteiger charge is -2.30. The highest BCUT2D eigenvalue weighted by Gasteiger charge is 2.50. The summed E-state index contributed by atoms with van der Waals surface area (Å²) >= 11 is 0. The van der Waals surface area contributed by atoms with E-state index < -0.39 is 18.2 Å². The summed E-state index contributed by atoms with van der Waals surface area (Å²) < 4.78 is 11.3. The number of carbonyl (C=O) groups excluding carboxylic acids is 3. The maximum absolute atomic E-state index is 14.2. The number of likely N-dealkylation sites (tertiary alicyclic amines) is 1. The number of fused-ring (bicyclic) bond motifs is 3. The van der Waals surface area contributed by atoms with Crippen molar-refractivity contribution in [3.8, 4) is 5.75 Å². The first-order valence-electron chi connectivity index (χ1n) is 15.0. The number of para-hydroxylation sites is 2. The molecule has 11 nitrogen and oxygen atoms in total. The fourth-order valence-electron chi connectivity index (χ4n) is 7.33. The number of aromatic nitrogens is 2. The second kappa shape index (κ2) is 11.0. The van der Waals surface area contributed by atoms with Crippen LogP contribution in [-0.2, 0) is 9.59 Å². The Morgan fingerprint density at radius 3 is 2.84 bits per heavy atom. The van der Waals surface area contributed by atoms with Crippen LogP contribution in [0.25, 0.3) is 22.0 Å². The number of carbonyl (C=O) groups is 3. The summed E-state index contributed by atoms with van der Waals surface area (Å²) in [5.41, 5.74) is 2.29. The predicted octanol–water partition coefficient (Wildman–Crippen LogP) is 3.30. The molecular weight excluding hydrogens is 550 g/mol. The number of ether oxygens (including phenoxy) is 1. The normalized spacial score (nSPS) is 24.7. The lowest BCUT2D eigenvalue weighted by Crippen LogP contribution is -2.52. The van der Waals surface area contributed by atoms with Crippen LogP contribution in [0.2, 0.25) is 0 Å². The van der Waals surface area contributed by atoms with Gasteiger partial charge in [-0.1, -0.05) is 24.6 Å². The average molecular weight is 586 g/mol. The van der Waals surface area contributed by atoms with Crippen LogP contribution in [0, 0.1) is 17.8 Å². The largest absolute Gasteiger partial charge is 0.496 e. The molecule has 0 radical (unpaired) electrons. The van der Waals surface area contributed by atoms with Gasteiger partial charge in [-0.15, -0.1) is 0 Å². The number of hydrogen-bond acceptors (Lipinski definition) is 7. The van der Waals surface area contributed by atoms with Crippen LogP contribution in [0.15, 0.2) is 52.9 Å². The molecule has 4 heterocycles. The molecule has 0 bridgehead atoms. The summed E-state index contributed by atoms with van der Waals surface area (Å²) in [7, 11) is 1.59. The second-order valence-electron chi connectivity index (χ2n) is 12.0. The molecule has 3 aliphatic rings. The lowest BCUT2D eigenvalue weighted by atomic mass is 9.91. The van der Waals surface area contributed by atoms with E-state index in [2.05, 4.69) is 20.6 Å². The molecule has 1 saturated carbocycles. The number of amides is 3. The van der Waals surface area contributed by atoms with Crippen molar-refractivity contribution in [1.82, 2.24) is 25.5 Å². The summed E-state index contributed by atoms with van der Waals surface area (Å²) in [5, 5.41) is 18.2. The summed E-state index contributed by atoms with van der Waals surface area (Å²) in [5.74, 6) is -0.0891. The Bertz CT molecular complexity index is 1660. The van der Waals surface area contributed by atoms with Crippen LogP contribution < -0.4 is 15.4 Å². The molecule has 2 aliphatic heterocycles. The highest BCUT2D eigenvalue weighted by molar-refractivity contribution is 6.02. The van der Waals surface area contributed by atoms with Gasteiger partial charge in [-0.2, -0.15) is 0 Å². The standard InChI is InChI=1S/C32H35N5O6/c1-42-25-11-5-9-21-20(25)15-24(34-21)32(41)37-16-18-6-4-7-19(18)27(37)30(40)35-23(14-17-12-13-33-29(17)39)28(38)31-36-22-8-2-3-10-26(22)43-31/h2-3,5,8-11,15,17-19,23,27-28,34,38H,4,6-7,12-14,16H2,1H3,(H,33,39)(H,35,40)/t17-,18?,19?,23-,27?,28?/m0/s1. The topological polar surface area (TPSA) is 150 Å². The van der Waals surface area contributed by atoms with E-state index in [1.807, 2.05) is 30.3 Å². The number of aliphatic hydroxyl groups is 1. The van der Waals surface area contributed by atoms with Crippen molar-refractivity contribution in [3.63, 3.8) is 0 Å². The number of aliphatic hydroxyl groups excluding tert-OH is 1. The third-order valence-electron chi connectivity index (χ3n) is 9.47. The Labute approximate surface area is 248 Å². The molecule has 11 heteroatoms. The van der Waals surface area contributed by atoms with Gasteiger partial charge in [0.15, 0.2) is 11.7 Å². The maximum atomic E-state index is 14.2. The molecule has 43 heavy (non-hydrogen) atoms. The first kappa shape index (κ1) is 27.5. The van der Waals surface area contributed by atoms with Crippen molar-refractivity contribution in [1.29, 1.82) is 0 Å². The molecule has 3 fully saturated rings. The average Bonchev–Trinajstić information content (AvgIpc) is 3.83. The van der Waals surface area contributed by atoms with E-state index in [4.69, 9.17) is 9.15 Å². The molecule has 4 unspecified atom stereocenters. The Hall–Kier alpha value is -4.38. The van der Waals surface area contributed by atoms with E-state index in [0.29, 0.717) is 42.1 Å². The van der Waals surface area contributed by atoms with Crippen molar-refractivity contribution in [3.05, 3.63) is 60.1 Å². The van der Waals surface area contributed by atoms with E-state index >= 15 is 0 Å². The molecule has 2 aromatic heterocycles. The summed E-state index contributed by atoms with van der Waals surface area (Å²) in [4.78, 5) is 50.0. The van der Waals surface area contributed by atoms with Crippen molar-refractivity contribution in [2.24, 2.45) is 17.8 Å². The van der Waals surface area contributed by atoms with Crippen LogP contribution in [0.5, 0.6) is 5.75 Å². The van der Waals surface area contributed by atoms with Gasteiger partial charge in [0.2, 0.25) is 17.7 Å². The number of oxazole rings is 1. The zero-order valence-corrected chi connectivity index (χ0v) is 23.9. The highest BCUT2D eigenvalue weighted by Crippen LogP contribution is 2.43. The quantitative estimate of drug-likeness (QED) is 0.248. The molecule has 6 atom stereocenters. The predicted molar refractivity (Wildman–Crippen MR) is 157 cm³/mol. The van der Waals surface area contributed by atoms with Crippen molar-refractivity contribution in [2.45, 2.75) is 50.3 Å². The van der Waals surface area contributed by atoms with E-state index in [-0.39, 0.29) is 47.8 Å². The van der Waals surface area contributed by atoms with Gasteiger partial charge in [0.1, 0.15) is 23.0 Å². The Morgan fingerprint density at radius 2 is 2.05 bits per heavy atom. The van der Waals surface area contributed by atoms with Crippen LogP contribution in [-0.4, -0.2) is 70.0 Å². The van der Waals surface area contributed by atoms with E-state index in [1.54, 1.807) is 30.2 Å². The fourth-order valence-corrected chi connectivity index (χ4v) is 7.33. The molecule has 2 aromatic carbocycles. The molecule has 4 aromatic rings. The summed E-state index contributed by atoms with van der Waals surface area (Å²) in [6.07, 6.45) is 2.34.